The third-order valence-electron chi connectivity index (χ3n) is 5.79. The number of anilines is 1. The minimum atomic E-state index is -0.0483. The molecule has 0 unspecified atom stereocenters. The van der Waals surface area contributed by atoms with E-state index in [2.05, 4.69) is 9.97 Å². The van der Waals surface area contributed by atoms with Crippen molar-refractivity contribution in [2.45, 2.75) is 25.7 Å². The molecule has 0 spiro atoms. The second kappa shape index (κ2) is 8.49. The van der Waals surface area contributed by atoms with Gasteiger partial charge in [-0.25, -0.2) is 15.0 Å². The Hall–Kier alpha value is -3.62. The molecule has 9 nitrogen and oxygen atoms in total. The first-order chi connectivity index (χ1) is 15.6. The van der Waals surface area contributed by atoms with Crippen molar-refractivity contribution in [3.63, 3.8) is 0 Å². The van der Waals surface area contributed by atoms with E-state index in [0.29, 0.717) is 60.8 Å². The topological polar surface area (TPSA) is 113 Å². The van der Waals surface area contributed by atoms with Crippen LogP contribution in [0.4, 0.5) is 5.82 Å². The molecule has 2 aliphatic heterocycles. The second-order valence-electron chi connectivity index (χ2n) is 8.04. The zero-order valence-corrected chi connectivity index (χ0v) is 17.9. The number of carbonyl (C=O) groups excluding carboxylic acids is 1. The van der Waals surface area contributed by atoms with Crippen LogP contribution in [0.25, 0.3) is 11.0 Å². The first kappa shape index (κ1) is 20.3. The molecule has 1 aromatic carbocycles. The highest BCUT2D eigenvalue weighted by molar-refractivity contribution is 5.85. The summed E-state index contributed by atoms with van der Waals surface area (Å²) in [5, 5.41) is 0.746. The molecule has 2 aliphatic rings. The molecule has 0 saturated carbocycles. The molecule has 1 fully saturated rings. The SMILES string of the molecule is Cc1nc(N)c2ccc([C@@H]3CCCN(C(=O)COc4ccc5c(c4)OCCO5)C3)nc2n1. The van der Waals surface area contributed by atoms with Crippen LogP contribution in [0.5, 0.6) is 17.2 Å². The number of aromatic nitrogens is 3. The Balaban J connectivity index is 1.24. The van der Waals surface area contributed by atoms with Crippen molar-refractivity contribution in [1.29, 1.82) is 0 Å². The van der Waals surface area contributed by atoms with Crippen LogP contribution in [-0.4, -0.2) is 58.7 Å². The average molecular weight is 435 g/mol. The first-order valence-electron chi connectivity index (χ1n) is 10.8. The van der Waals surface area contributed by atoms with Gasteiger partial charge in [-0.3, -0.25) is 4.79 Å². The molecule has 0 bridgehead atoms. The maximum Gasteiger partial charge on any atom is 0.260 e. The van der Waals surface area contributed by atoms with Gasteiger partial charge in [0.15, 0.2) is 23.8 Å². The summed E-state index contributed by atoms with van der Waals surface area (Å²) in [5.74, 6) is 3.04. The Morgan fingerprint density at radius 1 is 1.16 bits per heavy atom. The van der Waals surface area contributed by atoms with Gasteiger partial charge in [-0.2, -0.15) is 0 Å². The summed E-state index contributed by atoms with van der Waals surface area (Å²) in [6.45, 7) is 4.12. The van der Waals surface area contributed by atoms with Crippen LogP contribution in [0.15, 0.2) is 30.3 Å². The molecular formula is C23H25N5O4. The lowest BCUT2D eigenvalue weighted by Gasteiger charge is -2.32. The average Bonchev–Trinajstić information content (AvgIpc) is 2.82. The number of hydrogen-bond donors (Lipinski definition) is 1. The second-order valence-corrected chi connectivity index (χ2v) is 8.04. The zero-order valence-electron chi connectivity index (χ0n) is 17.9. The lowest BCUT2D eigenvalue weighted by Crippen LogP contribution is -2.41. The number of fused-ring (bicyclic) bond motifs is 2. The van der Waals surface area contributed by atoms with Gasteiger partial charge in [-0.15, -0.1) is 0 Å². The van der Waals surface area contributed by atoms with Crippen molar-refractivity contribution >= 4 is 22.8 Å². The van der Waals surface area contributed by atoms with E-state index in [0.717, 1.165) is 23.9 Å². The smallest absolute Gasteiger partial charge is 0.260 e. The minimum Gasteiger partial charge on any atom is -0.486 e. The highest BCUT2D eigenvalue weighted by Crippen LogP contribution is 2.33. The van der Waals surface area contributed by atoms with Crippen LogP contribution >= 0.6 is 0 Å². The monoisotopic (exact) mass is 435 g/mol. The van der Waals surface area contributed by atoms with Crippen LogP contribution < -0.4 is 19.9 Å². The molecule has 3 aromatic rings. The van der Waals surface area contributed by atoms with Crippen LogP contribution in [0.2, 0.25) is 0 Å². The van der Waals surface area contributed by atoms with E-state index >= 15 is 0 Å². The number of nitrogen functional groups attached to an aromatic ring is 1. The number of pyridine rings is 1. The number of nitrogens with zero attached hydrogens (tertiary/aromatic N) is 4. The molecule has 2 N–H and O–H groups in total. The van der Waals surface area contributed by atoms with E-state index in [1.165, 1.54) is 0 Å². The molecule has 9 heteroatoms. The third-order valence-corrected chi connectivity index (χ3v) is 5.79. The minimum absolute atomic E-state index is 0.0273. The number of amides is 1. The number of carbonyl (C=O) groups is 1. The van der Waals surface area contributed by atoms with Gasteiger partial charge >= 0.3 is 0 Å². The van der Waals surface area contributed by atoms with Crippen molar-refractivity contribution in [3.8, 4) is 17.2 Å². The predicted octanol–water partition coefficient (Wildman–Crippen LogP) is 2.47. The summed E-state index contributed by atoms with van der Waals surface area (Å²) in [6.07, 6.45) is 1.87. The standard InChI is InChI=1S/C23H25N5O4/c1-14-25-22(24)17-5-6-18(27-23(17)26-14)15-3-2-8-28(12-15)21(29)13-32-16-4-7-19-20(11-16)31-10-9-30-19/h4-7,11,15H,2-3,8-10,12-13H2,1H3,(H2,24,25,26,27)/t15-/m1/s1. The van der Waals surface area contributed by atoms with Crippen LogP contribution in [0.3, 0.4) is 0 Å². The molecule has 166 valence electrons. The van der Waals surface area contributed by atoms with Crippen molar-refractivity contribution in [1.82, 2.24) is 19.9 Å². The third kappa shape index (κ3) is 4.10. The maximum absolute atomic E-state index is 12.8. The van der Waals surface area contributed by atoms with Gasteiger partial charge in [0.2, 0.25) is 0 Å². The van der Waals surface area contributed by atoms with Gasteiger partial charge in [0, 0.05) is 30.8 Å². The van der Waals surface area contributed by atoms with E-state index in [1.807, 2.05) is 17.0 Å². The molecule has 0 aliphatic carbocycles. The van der Waals surface area contributed by atoms with E-state index in [4.69, 9.17) is 24.9 Å². The fourth-order valence-corrected chi connectivity index (χ4v) is 4.18. The van der Waals surface area contributed by atoms with Crippen molar-refractivity contribution < 1.29 is 19.0 Å². The van der Waals surface area contributed by atoms with Gasteiger partial charge in [0.1, 0.15) is 30.6 Å². The normalized spacial score (nSPS) is 17.9. The van der Waals surface area contributed by atoms with E-state index in [1.54, 1.807) is 25.1 Å². The van der Waals surface area contributed by atoms with Crippen molar-refractivity contribution in [3.05, 3.63) is 41.9 Å². The highest BCUT2D eigenvalue weighted by Gasteiger charge is 2.26. The number of ether oxygens (including phenoxy) is 3. The molecule has 0 radical (unpaired) electrons. The van der Waals surface area contributed by atoms with Crippen molar-refractivity contribution in [2.75, 3.05) is 38.6 Å². The molecule has 32 heavy (non-hydrogen) atoms. The molecule has 1 saturated heterocycles. The molecule has 1 atom stereocenters. The van der Waals surface area contributed by atoms with Crippen LogP contribution in [0, 0.1) is 6.92 Å². The zero-order chi connectivity index (χ0) is 22.1. The highest BCUT2D eigenvalue weighted by atomic mass is 16.6. The number of rotatable bonds is 4. The maximum atomic E-state index is 12.8. The number of nitrogens with two attached hydrogens (primary N) is 1. The Morgan fingerprint density at radius 3 is 2.88 bits per heavy atom. The molecular weight excluding hydrogens is 410 g/mol. The van der Waals surface area contributed by atoms with E-state index in [-0.39, 0.29) is 18.4 Å². The van der Waals surface area contributed by atoms with E-state index in [9.17, 15) is 4.79 Å². The molecule has 2 aromatic heterocycles. The molecule has 5 rings (SSSR count). The summed E-state index contributed by atoms with van der Waals surface area (Å²) in [7, 11) is 0. The predicted molar refractivity (Wildman–Crippen MR) is 118 cm³/mol. The van der Waals surface area contributed by atoms with Gasteiger partial charge < -0.3 is 24.8 Å². The van der Waals surface area contributed by atoms with Gasteiger partial charge in [-0.05, 0) is 44.0 Å². The summed E-state index contributed by atoms with van der Waals surface area (Å²) in [6, 6.07) is 9.22. The van der Waals surface area contributed by atoms with E-state index < -0.39 is 0 Å². The Bertz CT molecular complexity index is 1170. The lowest BCUT2D eigenvalue weighted by molar-refractivity contribution is -0.134. The lowest BCUT2D eigenvalue weighted by atomic mass is 9.94. The molecule has 4 heterocycles. The largest absolute Gasteiger partial charge is 0.486 e. The fraction of sp³-hybridized carbons (Fsp3) is 0.391. The Kier molecular flexibility index (Phi) is 5.38. The quantitative estimate of drug-likeness (QED) is 0.665. The summed E-state index contributed by atoms with van der Waals surface area (Å²) in [4.78, 5) is 28.0. The number of benzene rings is 1. The number of piperidine rings is 1. The van der Waals surface area contributed by atoms with Crippen LogP contribution in [-0.2, 0) is 4.79 Å². The number of hydrogen-bond acceptors (Lipinski definition) is 8. The number of aryl methyl sites for hydroxylation is 1. The van der Waals surface area contributed by atoms with Gasteiger partial charge in [0.25, 0.3) is 5.91 Å². The Labute approximate surface area is 185 Å². The first-order valence-corrected chi connectivity index (χ1v) is 10.8. The summed E-state index contributed by atoms with van der Waals surface area (Å²) < 4.78 is 16.8. The van der Waals surface area contributed by atoms with Gasteiger partial charge in [-0.1, -0.05) is 0 Å². The summed E-state index contributed by atoms with van der Waals surface area (Å²) in [5.41, 5.74) is 7.51. The molecule has 1 amide bonds. The van der Waals surface area contributed by atoms with Gasteiger partial charge in [0.05, 0.1) is 5.39 Å². The Morgan fingerprint density at radius 2 is 2.00 bits per heavy atom. The summed E-state index contributed by atoms with van der Waals surface area (Å²) >= 11 is 0. The van der Waals surface area contributed by atoms with Crippen LogP contribution in [0.1, 0.15) is 30.3 Å². The van der Waals surface area contributed by atoms with Crippen molar-refractivity contribution in [2.24, 2.45) is 0 Å². The fourth-order valence-electron chi connectivity index (χ4n) is 4.18. The number of likely N-dealkylation sites (tertiary alicyclic amines) is 1.